The van der Waals surface area contributed by atoms with Gasteiger partial charge < -0.3 is 10.2 Å². The molecular weight excluding hydrogens is 326 g/mol. The van der Waals surface area contributed by atoms with E-state index in [2.05, 4.69) is 67.0 Å². The van der Waals surface area contributed by atoms with E-state index in [-0.39, 0.29) is 0 Å². The Balaban J connectivity index is 1.79. The maximum absolute atomic E-state index is 4.79. The molecule has 2 aromatic carbocycles. The van der Waals surface area contributed by atoms with Crippen LogP contribution in [0, 0.1) is 0 Å². The SMILES string of the molecule is CCN(CC)CCCCNc1c2ccccc2nc2ccc(S)cc12. The summed E-state index contributed by atoms with van der Waals surface area (Å²) in [4.78, 5) is 8.23. The van der Waals surface area contributed by atoms with Gasteiger partial charge in [-0.05, 0) is 56.7 Å². The zero-order valence-electron chi connectivity index (χ0n) is 15.1. The number of benzene rings is 2. The minimum absolute atomic E-state index is 0.967. The predicted octanol–water partition coefficient (Wildman–Crippen LogP) is 5.21. The van der Waals surface area contributed by atoms with Crippen LogP contribution in [0.4, 0.5) is 5.69 Å². The van der Waals surface area contributed by atoms with Crippen LogP contribution < -0.4 is 5.32 Å². The molecule has 3 aromatic rings. The molecule has 3 rings (SSSR count). The van der Waals surface area contributed by atoms with Crippen molar-refractivity contribution >= 4 is 40.1 Å². The second-order valence-corrected chi connectivity index (χ2v) is 6.88. The molecule has 0 radical (unpaired) electrons. The van der Waals surface area contributed by atoms with Gasteiger partial charge in [-0.2, -0.15) is 0 Å². The Morgan fingerprint density at radius 1 is 0.960 bits per heavy atom. The molecule has 0 amide bonds. The largest absolute Gasteiger partial charge is 0.384 e. The van der Waals surface area contributed by atoms with Crippen LogP contribution in [0.25, 0.3) is 21.8 Å². The van der Waals surface area contributed by atoms with E-state index in [1.165, 1.54) is 24.0 Å². The molecule has 1 heterocycles. The van der Waals surface area contributed by atoms with Gasteiger partial charge in [0.1, 0.15) is 0 Å². The number of rotatable bonds is 8. The fourth-order valence-electron chi connectivity index (χ4n) is 3.28. The summed E-state index contributed by atoms with van der Waals surface area (Å²) in [5, 5.41) is 6.00. The Bertz CT molecular complexity index is 843. The minimum Gasteiger partial charge on any atom is -0.384 e. The van der Waals surface area contributed by atoms with Gasteiger partial charge in [-0.1, -0.05) is 32.0 Å². The van der Waals surface area contributed by atoms with Gasteiger partial charge in [-0.3, -0.25) is 0 Å². The monoisotopic (exact) mass is 353 g/mol. The van der Waals surface area contributed by atoms with Gasteiger partial charge in [0.15, 0.2) is 0 Å². The second kappa shape index (κ2) is 8.54. The van der Waals surface area contributed by atoms with E-state index >= 15 is 0 Å². The van der Waals surface area contributed by atoms with Crippen LogP contribution >= 0.6 is 12.6 Å². The van der Waals surface area contributed by atoms with Crippen LogP contribution in [0.1, 0.15) is 26.7 Å². The summed E-state index contributed by atoms with van der Waals surface area (Å²) in [7, 11) is 0. The Labute approximate surface area is 155 Å². The summed E-state index contributed by atoms with van der Waals surface area (Å²) in [6, 6.07) is 14.5. The summed E-state index contributed by atoms with van der Waals surface area (Å²) >= 11 is 4.51. The van der Waals surface area contributed by atoms with E-state index in [0.717, 1.165) is 47.4 Å². The number of hydrogen-bond donors (Lipinski definition) is 2. The van der Waals surface area contributed by atoms with Crippen molar-refractivity contribution in [2.24, 2.45) is 0 Å². The van der Waals surface area contributed by atoms with Crippen molar-refractivity contribution in [3.05, 3.63) is 42.5 Å². The smallest absolute Gasteiger partial charge is 0.0731 e. The van der Waals surface area contributed by atoms with Crippen molar-refractivity contribution in [1.82, 2.24) is 9.88 Å². The molecule has 1 N–H and O–H groups in total. The molecule has 3 nitrogen and oxygen atoms in total. The number of fused-ring (bicyclic) bond motifs is 2. The number of nitrogens with zero attached hydrogens (tertiary/aromatic N) is 2. The Morgan fingerprint density at radius 3 is 2.52 bits per heavy atom. The molecule has 0 atom stereocenters. The first-order valence-corrected chi connectivity index (χ1v) is 9.65. The van der Waals surface area contributed by atoms with Gasteiger partial charge in [0.25, 0.3) is 0 Å². The van der Waals surface area contributed by atoms with Crippen molar-refractivity contribution in [2.75, 3.05) is 31.5 Å². The molecular formula is C21H27N3S. The van der Waals surface area contributed by atoms with E-state index in [1.54, 1.807) is 0 Å². The molecule has 1 aromatic heterocycles. The molecule has 132 valence electrons. The van der Waals surface area contributed by atoms with Gasteiger partial charge in [-0.15, -0.1) is 12.6 Å². The summed E-state index contributed by atoms with van der Waals surface area (Å²) in [6.45, 7) is 8.87. The Morgan fingerprint density at radius 2 is 1.72 bits per heavy atom. The lowest BCUT2D eigenvalue weighted by Crippen LogP contribution is -2.24. The number of para-hydroxylation sites is 1. The molecule has 0 bridgehead atoms. The van der Waals surface area contributed by atoms with Crippen LogP contribution in [-0.2, 0) is 0 Å². The van der Waals surface area contributed by atoms with Crippen LogP contribution in [0.2, 0.25) is 0 Å². The lowest BCUT2D eigenvalue weighted by atomic mass is 10.1. The third kappa shape index (κ3) is 4.25. The number of hydrogen-bond acceptors (Lipinski definition) is 4. The van der Waals surface area contributed by atoms with Crippen LogP contribution in [-0.4, -0.2) is 36.1 Å². The van der Waals surface area contributed by atoms with Crippen LogP contribution in [0.15, 0.2) is 47.4 Å². The Kier molecular flexibility index (Phi) is 6.16. The third-order valence-electron chi connectivity index (χ3n) is 4.76. The molecule has 0 saturated carbocycles. The zero-order valence-corrected chi connectivity index (χ0v) is 16.0. The van der Waals surface area contributed by atoms with E-state index in [1.807, 2.05) is 12.1 Å². The normalized spacial score (nSPS) is 11.5. The number of pyridine rings is 1. The van der Waals surface area contributed by atoms with Crippen molar-refractivity contribution in [3.63, 3.8) is 0 Å². The molecule has 0 fully saturated rings. The van der Waals surface area contributed by atoms with Gasteiger partial charge >= 0.3 is 0 Å². The molecule has 0 aliphatic heterocycles. The highest BCUT2D eigenvalue weighted by Gasteiger charge is 2.09. The summed E-state index contributed by atoms with van der Waals surface area (Å²) in [6.07, 6.45) is 2.38. The predicted molar refractivity (Wildman–Crippen MR) is 112 cm³/mol. The van der Waals surface area contributed by atoms with Crippen LogP contribution in [0.5, 0.6) is 0 Å². The number of anilines is 1. The van der Waals surface area contributed by atoms with Crippen LogP contribution in [0.3, 0.4) is 0 Å². The fraction of sp³-hybridized carbons (Fsp3) is 0.381. The van der Waals surface area contributed by atoms with Crippen molar-refractivity contribution in [2.45, 2.75) is 31.6 Å². The molecule has 25 heavy (non-hydrogen) atoms. The average molecular weight is 354 g/mol. The maximum atomic E-state index is 4.79. The maximum Gasteiger partial charge on any atom is 0.0731 e. The quantitative estimate of drug-likeness (QED) is 0.331. The first-order valence-electron chi connectivity index (χ1n) is 9.20. The van der Waals surface area contributed by atoms with Gasteiger partial charge in [0.2, 0.25) is 0 Å². The van der Waals surface area contributed by atoms with E-state index in [9.17, 15) is 0 Å². The molecule has 0 aliphatic carbocycles. The lowest BCUT2D eigenvalue weighted by Gasteiger charge is -2.18. The zero-order chi connectivity index (χ0) is 17.6. The molecule has 0 saturated heterocycles. The third-order valence-corrected chi connectivity index (χ3v) is 5.04. The first-order chi connectivity index (χ1) is 12.2. The number of unbranched alkanes of at least 4 members (excludes halogenated alkanes) is 1. The molecule has 0 unspecified atom stereocenters. The fourth-order valence-corrected chi connectivity index (χ4v) is 3.49. The first kappa shape index (κ1) is 18.0. The average Bonchev–Trinajstić information content (AvgIpc) is 2.64. The Hall–Kier alpha value is -1.78. The van der Waals surface area contributed by atoms with Crippen molar-refractivity contribution in [3.8, 4) is 0 Å². The number of nitrogens with one attached hydrogen (secondary N) is 1. The summed E-state index contributed by atoms with van der Waals surface area (Å²) in [5.41, 5.74) is 3.23. The summed E-state index contributed by atoms with van der Waals surface area (Å²) in [5.74, 6) is 0. The van der Waals surface area contributed by atoms with E-state index < -0.39 is 0 Å². The van der Waals surface area contributed by atoms with E-state index in [0.29, 0.717) is 0 Å². The highest BCUT2D eigenvalue weighted by molar-refractivity contribution is 7.80. The second-order valence-electron chi connectivity index (χ2n) is 6.37. The molecule has 0 aliphatic rings. The van der Waals surface area contributed by atoms with Crippen molar-refractivity contribution in [1.29, 1.82) is 0 Å². The number of aromatic nitrogens is 1. The molecule has 0 spiro atoms. The van der Waals surface area contributed by atoms with E-state index in [4.69, 9.17) is 4.98 Å². The van der Waals surface area contributed by atoms with Gasteiger partial charge in [0, 0.05) is 22.2 Å². The molecule has 4 heteroatoms. The van der Waals surface area contributed by atoms with Gasteiger partial charge in [0.05, 0.1) is 16.7 Å². The lowest BCUT2D eigenvalue weighted by molar-refractivity contribution is 0.298. The number of thiol groups is 1. The highest BCUT2D eigenvalue weighted by atomic mass is 32.1. The van der Waals surface area contributed by atoms with Gasteiger partial charge in [-0.25, -0.2) is 4.98 Å². The summed E-state index contributed by atoms with van der Waals surface area (Å²) < 4.78 is 0. The standard InChI is InChI=1S/C21H27N3S/c1-3-24(4-2)14-8-7-13-22-21-17-9-5-6-10-19(17)23-20-12-11-16(25)15-18(20)21/h5-6,9-12,15,25H,3-4,7-8,13-14H2,1-2H3,(H,22,23). The highest BCUT2D eigenvalue weighted by Crippen LogP contribution is 2.32. The van der Waals surface area contributed by atoms with Crippen molar-refractivity contribution < 1.29 is 0 Å². The topological polar surface area (TPSA) is 28.2 Å². The minimum atomic E-state index is 0.967.